The van der Waals surface area contributed by atoms with Gasteiger partial charge in [-0.25, -0.2) is 0 Å². The molecule has 1 aromatic heterocycles. The maximum absolute atomic E-state index is 9.13. The van der Waals surface area contributed by atoms with E-state index < -0.39 is 0 Å². The number of nitriles is 1. The largest absolute Gasteiger partial charge is 0.497 e. The summed E-state index contributed by atoms with van der Waals surface area (Å²) < 4.78 is 5.14. The minimum atomic E-state index is 0.322. The van der Waals surface area contributed by atoms with Crippen LogP contribution < -0.4 is 15.4 Å². The first-order valence-electron chi connectivity index (χ1n) is 7.61. The summed E-state index contributed by atoms with van der Waals surface area (Å²) in [5, 5.41) is 23.2. The van der Waals surface area contributed by atoms with Gasteiger partial charge in [-0.05, 0) is 29.8 Å². The molecule has 0 fully saturated rings. The highest BCUT2D eigenvalue weighted by Gasteiger charge is 2.05. The van der Waals surface area contributed by atoms with Crippen LogP contribution in [-0.4, -0.2) is 22.3 Å². The Morgan fingerprint density at radius 2 is 1.92 bits per heavy atom. The Bertz CT molecular complexity index is 889. The van der Waals surface area contributed by atoms with Crippen LogP contribution in [0.5, 0.6) is 5.75 Å². The van der Waals surface area contributed by atoms with Crippen LogP contribution in [0.15, 0.2) is 54.7 Å². The van der Waals surface area contributed by atoms with Crippen molar-refractivity contribution in [3.05, 3.63) is 65.9 Å². The molecule has 0 saturated carbocycles. The summed E-state index contributed by atoms with van der Waals surface area (Å²) in [4.78, 5) is 4.36. The number of hydrogen-bond acceptors (Lipinski definition) is 7. The molecule has 0 saturated heterocycles. The van der Waals surface area contributed by atoms with E-state index in [-0.39, 0.29) is 0 Å². The average molecular weight is 332 g/mol. The number of hydrogen-bond donors (Lipinski definition) is 2. The van der Waals surface area contributed by atoms with Gasteiger partial charge in [0.1, 0.15) is 11.8 Å². The number of benzene rings is 2. The maximum atomic E-state index is 9.13. The number of rotatable bonds is 6. The predicted octanol–water partition coefficient (Wildman–Crippen LogP) is 3.11. The minimum Gasteiger partial charge on any atom is -0.497 e. The van der Waals surface area contributed by atoms with Crippen LogP contribution in [0.3, 0.4) is 0 Å². The maximum Gasteiger partial charge on any atom is 0.249 e. The van der Waals surface area contributed by atoms with Gasteiger partial charge in [0.25, 0.3) is 0 Å². The Labute approximate surface area is 145 Å². The first kappa shape index (κ1) is 16.2. The lowest BCUT2D eigenvalue weighted by Crippen LogP contribution is -2.06. The summed E-state index contributed by atoms with van der Waals surface area (Å²) in [6.45, 7) is 0.594. The normalized spacial score (nSPS) is 9.92. The average Bonchev–Trinajstić information content (AvgIpc) is 2.67. The first-order valence-corrected chi connectivity index (χ1v) is 7.61. The summed E-state index contributed by atoms with van der Waals surface area (Å²) in [5.74, 6) is 1.72. The van der Waals surface area contributed by atoms with E-state index in [2.05, 4.69) is 31.9 Å². The lowest BCUT2D eigenvalue weighted by atomic mass is 10.2. The van der Waals surface area contributed by atoms with Crippen LogP contribution in [-0.2, 0) is 6.54 Å². The number of aromatic nitrogens is 3. The second-order valence-electron chi connectivity index (χ2n) is 5.15. The van der Waals surface area contributed by atoms with Crippen molar-refractivity contribution in [2.45, 2.75) is 6.54 Å². The third-order valence-electron chi connectivity index (χ3n) is 3.49. The number of nitrogens with zero attached hydrogens (tertiary/aromatic N) is 4. The van der Waals surface area contributed by atoms with Crippen molar-refractivity contribution in [1.29, 1.82) is 5.26 Å². The molecule has 2 aromatic carbocycles. The van der Waals surface area contributed by atoms with E-state index in [1.54, 1.807) is 31.5 Å². The molecule has 0 unspecified atom stereocenters. The summed E-state index contributed by atoms with van der Waals surface area (Å²) in [5.41, 5.74) is 2.24. The zero-order chi connectivity index (χ0) is 17.5. The molecule has 0 radical (unpaired) electrons. The minimum absolute atomic E-state index is 0.322. The van der Waals surface area contributed by atoms with Gasteiger partial charge in [0, 0.05) is 6.54 Å². The van der Waals surface area contributed by atoms with Crippen molar-refractivity contribution >= 4 is 17.5 Å². The Hall–Kier alpha value is -3.66. The molecule has 0 spiro atoms. The van der Waals surface area contributed by atoms with Gasteiger partial charge in [-0.1, -0.05) is 24.3 Å². The van der Waals surface area contributed by atoms with Crippen LogP contribution in [0.4, 0.5) is 17.5 Å². The Kier molecular flexibility index (Phi) is 5.02. The highest BCUT2D eigenvalue weighted by atomic mass is 16.5. The van der Waals surface area contributed by atoms with Crippen molar-refractivity contribution in [3.8, 4) is 11.8 Å². The summed E-state index contributed by atoms with van der Waals surface area (Å²) >= 11 is 0. The second-order valence-corrected chi connectivity index (χ2v) is 5.15. The molecule has 0 aliphatic carbocycles. The van der Waals surface area contributed by atoms with E-state index in [1.165, 1.54) is 0 Å². The fourth-order valence-corrected chi connectivity index (χ4v) is 2.19. The number of methoxy groups -OCH3 is 1. The van der Waals surface area contributed by atoms with Crippen LogP contribution in [0, 0.1) is 11.3 Å². The lowest BCUT2D eigenvalue weighted by molar-refractivity contribution is 0.414. The van der Waals surface area contributed by atoms with Gasteiger partial charge in [0.2, 0.25) is 5.95 Å². The fourth-order valence-electron chi connectivity index (χ4n) is 2.19. The first-order chi connectivity index (χ1) is 12.3. The molecule has 0 aliphatic heterocycles. The SMILES string of the molecule is COc1ccc(CNc2cnnc(Nc3ccccc3C#N)n2)cc1. The summed E-state index contributed by atoms with van der Waals surface area (Å²) in [6.07, 6.45) is 1.55. The van der Waals surface area contributed by atoms with Crippen molar-refractivity contribution in [2.75, 3.05) is 17.7 Å². The molecular formula is C18H16N6O. The number of anilines is 3. The third-order valence-corrected chi connectivity index (χ3v) is 3.49. The van der Waals surface area contributed by atoms with Gasteiger partial charge in [-0.15, -0.1) is 5.10 Å². The molecule has 3 aromatic rings. The summed E-state index contributed by atoms with van der Waals surface area (Å²) in [7, 11) is 1.64. The van der Waals surface area contributed by atoms with Gasteiger partial charge in [-0.3, -0.25) is 0 Å². The molecule has 0 bridgehead atoms. The van der Waals surface area contributed by atoms with Gasteiger partial charge in [0.15, 0.2) is 5.82 Å². The topological polar surface area (TPSA) is 95.8 Å². The molecule has 25 heavy (non-hydrogen) atoms. The van der Waals surface area contributed by atoms with Crippen LogP contribution in [0.1, 0.15) is 11.1 Å². The van der Waals surface area contributed by atoms with E-state index in [4.69, 9.17) is 10.00 Å². The van der Waals surface area contributed by atoms with Gasteiger partial charge in [-0.2, -0.15) is 15.3 Å². The van der Waals surface area contributed by atoms with Crippen molar-refractivity contribution in [3.63, 3.8) is 0 Å². The third kappa shape index (κ3) is 4.20. The molecule has 2 N–H and O–H groups in total. The highest BCUT2D eigenvalue weighted by Crippen LogP contribution is 2.18. The monoisotopic (exact) mass is 332 g/mol. The molecule has 3 rings (SSSR count). The number of nitrogens with one attached hydrogen (secondary N) is 2. The zero-order valence-electron chi connectivity index (χ0n) is 13.6. The van der Waals surface area contributed by atoms with Crippen LogP contribution >= 0.6 is 0 Å². The van der Waals surface area contributed by atoms with Crippen molar-refractivity contribution < 1.29 is 4.74 Å². The van der Waals surface area contributed by atoms with Gasteiger partial charge < -0.3 is 15.4 Å². The van der Waals surface area contributed by atoms with E-state index in [0.717, 1.165) is 11.3 Å². The molecule has 1 heterocycles. The van der Waals surface area contributed by atoms with Gasteiger partial charge in [0.05, 0.1) is 24.6 Å². The number of ether oxygens (including phenoxy) is 1. The molecule has 7 heteroatoms. The smallest absolute Gasteiger partial charge is 0.249 e. The summed E-state index contributed by atoms with van der Waals surface area (Å²) in [6, 6.07) is 17.0. The lowest BCUT2D eigenvalue weighted by Gasteiger charge is -2.09. The second kappa shape index (κ2) is 7.75. The van der Waals surface area contributed by atoms with Crippen LogP contribution in [0.25, 0.3) is 0 Å². The highest BCUT2D eigenvalue weighted by molar-refractivity contribution is 5.63. The Morgan fingerprint density at radius 1 is 1.12 bits per heavy atom. The molecule has 124 valence electrons. The molecule has 0 amide bonds. The molecule has 0 aliphatic rings. The van der Waals surface area contributed by atoms with E-state index in [9.17, 15) is 0 Å². The zero-order valence-corrected chi connectivity index (χ0v) is 13.6. The Morgan fingerprint density at radius 3 is 2.68 bits per heavy atom. The standard InChI is InChI=1S/C18H16N6O/c1-25-15-8-6-13(7-9-15)11-20-17-12-21-24-18(23-17)22-16-5-3-2-4-14(16)10-19/h2-9,12H,11H2,1H3,(H2,20,22,23,24). The van der Waals surface area contributed by atoms with Crippen molar-refractivity contribution in [2.24, 2.45) is 0 Å². The van der Waals surface area contributed by atoms with Crippen LogP contribution in [0.2, 0.25) is 0 Å². The predicted molar refractivity (Wildman–Crippen MR) is 94.6 cm³/mol. The number of para-hydroxylation sites is 1. The molecule has 7 nitrogen and oxygen atoms in total. The fraction of sp³-hybridized carbons (Fsp3) is 0.111. The molecular weight excluding hydrogens is 316 g/mol. The Balaban J connectivity index is 1.67. The van der Waals surface area contributed by atoms with Gasteiger partial charge >= 0.3 is 0 Å². The van der Waals surface area contributed by atoms with Crippen molar-refractivity contribution in [1.82, 2.24) is 15.2 Å². The molecule has 0 atom stereocenters. The quantitative estimate of drug-likeness (QED) is 0.716. The van der Waals surface area contributed by atoms with E-state index in [1.807, 2.05) is 30.3 Å². The van der Waals surface area contributed by atoms with E-state index >= 15 is 0 Å². The van der Waals surface area contributed by atoms with E-state index in [0.29, 0.717) is 29.6 Å².